The van der Waals surface area contributed by atoms with E-state index in [0.717, 1.165) is 36.6 Å². The smallest absolute Gasteiger partial charge is 0.246 e. The largest absolute Gasteiger partial charge is 0.339 e. The lowest BCUT2D eigenvalue weighted by molar-refractivity contribution is -0.124. The molecule has 1 aliphatic rings. The maximum Gasteiger partial charge on any atom is 0.246 e. The predicted molar refractivity (Wildman–Crippen MR) is 72.9 cm³/mol. The van der Waals surface area contributed by atoms with Crippen LogP contribution in [0.5, 0.6) is 0 Å². The third kappa shape index (κ3) is 2.04. The fraction of sp³-hybridized carbons (Fsp3) is 0.333. The van der Waals surface area contributed by atoms with Crippen molar-refractivity contribution in [1.82, 2.24) is 14.3 Å². The van der Waals surface area contributed by atoms with E-state index < -0.39 is 0 Å². The Morgan fingerprint density at radius 2 is 2.22 bits per heavy atom. The van der Waals surface area contributed by atoms with Crippen LogP contribution in [0.15, 0.2) is 17.7 Å². The number of carbonyl (C=O) groups is 1. The van der Waals surface area contributed by atoms with E-state index in [1.807, 2.05) is 20.9 Å². The van der Waals surface area contributed by atoms with E-state index in [-0.39, 0.29) is 5.91 Å². The second-order valence-corrected chi connectivity index (χ2v) is 5.44. The van der Waals surface area contributed by atoms with Crippen molar-refractivity contribution in [2.75, 3.05) is 13.1 Å². The highest BCUT2D eigenvalue weighted by Gasteiger charge is 2.16. The van der Waals surface area contributed by atoms with Crippen LogP contribution >= 0.6 is 22.9 Å². The number of aromatic nitrogens is 2. The van der Waals surface area contributed by atoms with Gasteiger partial charge in [0.25, 0.3) is 0 Å². The fourth-order valence-corrected chi connectivity index (χ4v) is 3.12. The van der Waals surface area contributed by atoms with Crippen LogP contribution in [0.4, 0.5) is 0 Å². The Bertz CT molecular complexity index is 610. The molecule has 0 spiro atoms. The minimum absolute atomic E-state index is 0.0498. The highest BCUT2D eigenvalue weighted by atomic mass is 35.5. The lowest BCUT2D eigenvalue weighted by Gasteiger charge is -2.11. The Morgan fingerprint density at radius 1 is 1.44 bits per heavy atom. The number of halogens is 1. The molecular formula is C12H12ClN3OS. The van der Waals surface area contributed by atoms with Crippen LogP contribution in [0.1, 0.15) is 18.5 Å². The van der Waals surface area contributed by atoms with Crippen molar-refractivity contribution in [1.29, 1.82) is 0 Å². The average molecular weight is 282 g/mol. The highest BCUT2D eigenvalue weighted by molar-refractivity contribution is 7.15. The summed E-state index contributed by atoms with van der Waals surface area (Å²) in [6.07, 6.45) is 7.43. The Kier molecular flexibility index (Phi) is 3.09. The Hall–Kier alpha value is -1.33. The number of nitrogens with zero attached hydrogens (tertiary/aromatic N) is 3. The van der Waals surface area contributed by atoms with E-state index in [2.05, 4.69) is 4.98 Å². The molecule has 1 saturated heterocycles. The first-order valence-electron chi connectivity index (χ1n) is 5.84. The number of fused-ring (bicyclic) bond motifs is 1. The number of likely N-dealkylation sites (tertiary alicyclic amines) is 1. The molecule has 0 bridgehead atoms. The first-order valence-corrected chi connectivity index (χ1v) is 7.09. The van der Waals surface area contributed by atoms with Crippen LogP contribution in [0.25, 0.3) is 11.0 Å². The molecule has 3 heterocycles. The molecule has 1 amide bonds. The van der Waals surface area contributed by atoms with Crippen LogP contribution in [0.2, 0.25) is 5.15 Å². The Morgan fingerprint density at radius 3 is 3.00 bits per heavy atom. The van der Waals surface area contributed by atoms with Crippen molar-refractivity contribution in [2.45, 2.75) is 12.8 Å². The number of carbonyl (C=O) groups excluding carboxylic acids is 1. The van der Waals surface area contributed by atoms with Crippen LogP contribution < -0.4 is 0 Å². The summed E-state index contributed by atoms with van der Waals surface area (Å²) in [5.74, 6) is 0.0498. The molecule has 0 aromatic carbocycles. The van der Waals surface area contributed by atoms with E-state index >= 15 is 0 Å². The summed E-state index contributed by atoms with van der Waals surface area (Å²) >= 11 is 7.57. The minimum Gasteiger partial charge on any atom is -0.339 e. The molecule has 94 valence electrons. The topological polar surface area (TPSA) is 37.6 Å². The fourth-order valence-electron chi connectivity index (χ4n) is 2.12. The normalized spacial score (nSPS) is 16.2. The molecule has 1 aliphatic heterocycles. The lowest BCUT2D eigenvalue weighted by Crippen LogP contribution is -2.25. The van der Waals surface area contributed by atoms with Gasteiger partial charge in [0.15, 0.2) is 10.1 Å². The van der Waals surface area contributed by atoms with Gasteiger partial charge in [-0.05, 0) is 18.9 Å². The van der Waals surface area contributed by atoms with Gasteiger partial charge in [0, 0.05) is 30.7 Å². The van der Waals surface area contributed by atoms with E-state index in [4.69, 9.17) is 11.6 Å². The molecule has 0 radical (unpaired) electrons. The molecule has 0 saturated carbocycles. The summed E-state index contributed by atoms with van der Waals surface area (Å²) in [6.45, 7) is 1.72. The second-order valence-electron chi connectivity index (χ2n) is 4.21. The van der Waals surface area contributed by atoms with Gasteiger partial charge in [0.2, 0.25) is 5.91 Å². The zero-order valence-corrected chi connectivity index (χ0v) is 11.2. The van der Waals surface area contributed by atoms with Gasteiger partial charge >= 0.3 is 0 Å². The van der Waals surface area contributed by atoms with Crippen LogP contribution in [-0.4, -0.2) is 33.3 Å². The zero-order chi connectivity index (χ0) is 12.5. The summed E-state index contributed by atoms with van der Waals surface area (Å²) in [5.41, 5.74) is 0.764. The first-order chi connectivity index (χ1) is 8.75. The Balaban J connectivity index is 1.84. The monoisotopic (exact) mass is 281 g/mol. The maximum atomic E-state index is 11.9. The van der Waals surface area contributed by atoms with Crippen molar-refractivity contribution < 1.29 is 4.79 Å². The zero-order valence-electron chi connectivity index (χ0n) is 9.67. The molecule has 0 atom stereocenters. The molecule has 0 N–H and O–H groups in total. The molecule has 0 aliphatic carbocycles. The average Bonchev–Trinajstić information content (AvgIpc) is 3.02. The summed E-state index contributed by atoms with van der Waals surface area (Å²) in [4.78, 5) is 18.8. The summed E-state index contributed by atoms with van der Waals surface area (Å²) in [7, 11) is 0. The van der Waals surface area contributed by atoms with E-state index in [1.165, 1.54) is 11.3 Å². The lowest BCUT2D eigenvalue weighted by atomic mass is 10.3. The van der Waals surface area contributed by atoms with Crippen LogP contribution in [0, 0.1) is 0 Å². The van der Waals surface area contributed by atoms with Gasteiger partial charge in [0.1, 0.15) is 0 Å². The minimum atomic E-state index is 0.0498. The number of amides is 1. The van der Waals surface area contributed by atoms with Crippen LogP contribution in [0.3, 0.4) is 0 Å². The van der Waals surface area contributed by atoms with Crippen LogP contribution in [-0.2, 0) is 4.79 Å². The third-order valence-electron chi connectivity index (χ3n) is 3.06. The molecular weight excluding hydrogens is 270 g/mol. The second kappa shape index (κ2) is 4.74. The molecule has 3 rings (SSSR count). The maximum absolute atomic E-state index is 11.9. The van der Waals surface area contributed by atoms with Crippen molar-refractivity contribution in [3.63, 3.8) is 0 Å². The van der Waals surface area contributed by atoms with Gasteiger partial charge < -0.3 is 4.90 Å². The van der Waals surface area contributed by atoms with Crippen molar-refractivity contribution in [3.8, 4) is 0 Å². The molecule has 2 aromatic rings. The quantitative estimate of drug-likeness (QED) is 0.794. The van der Waals surface area contributed by atoms with E-state index in [9.17, 15) is 4.79 Å². The summed E-state index contributed by atoms with van der Waals surface area (Å²) < 4.78 is 1.89. The molecule has 2 aromatic heterocycles. The van der Waals surface area contributed by atoms with Gasteiger partial charge in [0.05, 0.1) is 5.69 Å². The number of rotatable bonds is 2. The van der Waals surface area contributed by atoms with Gasteiger partial charge in [-0.15, -0.1) is 11.3 Å². The van der Waals surface area contributed by atoms with Gasteiger partial charge in [-0.25, -0.2) is 4.98 Å². The third-order valence-corrected chi connectivity index (χ3v) is 4.09. The molecule has 18 heavy (non-hydrogen) atoms. The van der Waals surface area contributed by atoms with Gasteiger partial charge in [-0.2, -0.15) is 0 Å². The first kappa shape index (κ1) is 11.7. The van der Waals surface area contributed by atoms with Crippen molar-refractivity contribution in [3.05, 3.63) is 28.5 Å². The van der Waals surface area contributed by atoms with Crippen molar-refractivity contribution >= 4 is 39.9 Å². The Labute approximate surface area is 113 Å². The van der Waals surface area contributed by atoms with Gasteiger partial charge in [-0.3, -0.25) is 9.20 Å². The predicted octanol–water partition coefficient (Wildman–Crippen LogP) is 2.68. The highest BCUT2D eigenvalue weighted by Crippen LogP contribution is 2.22. The van der Waals surface area contributed by atoms with Crippen molar-refractivity contribution in [2.24, 2.45) is 0 Å². The molecule has 6 heteroatoms. The van der Waals surface area contributed by atoms with Gasteiger partial charge in [-0.1, -0.05) is 11.6 Å². The molecule has 4 nitrogen and oxygen atoms in total. The molecule has 0 unspecified atom stereocenters. The summed E-state index contributed by atoms with van der Waals surface area (Å²) in [5, 5.41) is 2.38. The van der Waals surface area contributed by atoms with E-state index in [1.54, 1.807) is 12.2 Å². The number of imidazole rings is 1. The SMILES string of the molecule is O=C(/C=C\c1c(Cl)nc2sccn12)N1CCCC1. The summed E-state index contributed by atoms with van der Waals surface area (Å²) in [6, 6.07) is 0. The molecule has 1 fully saturated rings. The standard InChI is InChI=1S/C12H12ClN3OS/c13-11-9(16-7-8-18-12(16)14-11)3-4-10(17)15-5-1-2-6-15/h3-4,7-8H,1-2,5-6H2/b4-3-. The number of hydrogen-bond acceptors (Lipinski definition) is 3. The number of thiazole rings is 1. The van der Waals surface area contributed by atoms with E-state index in [0.29, 0.717) is 5.15 Å². The number of hydrogen-bond donors (Lipinski definition) is 0.